The van der Waals surface area contributed by atoms with Gasteiger partial charge >= 0.3 is 0 Å². The van der Waals surface area contributed by atoms with Gasteiger partial charge in [0.1, 0.15) is 0 Å². The monoisotopic (exact) mass is 323 g/mol. The first-order chi connectivity index (χ1) is 10.4. The number of H-pyrrole nitrogens is 1. The molecule has 0 aliphatic heterocycles. The molecule has 0 fully saturated rings. The van der Waals surface area contributed by atoms with Crippen molar-refractivity contribution >= 4 is 26.8 Å². The quantitative estimate of drug-likeness (QED) is 0.801. The summed E-state index contributed by atoms with van der Waals surface area (Å²) in [5.74, 6) is -0.413. The van der Waals surface area contributed by atoms with E-state index in [2.05, 4.69) is 10.3 Å². The van der Waals surface area contributed by atoms with Gasteiger partial charge in [-0.1, -0.05) is 18.2 Å². The van der Waals surface area contributed by atoms with Crippen molar-refractivity contribution in [2.75, 3.05) is 26.4 Å². The Kier molecular flexibility index (Phi) is 5.20. The third-order valence-electron chi connectivity index (χ3n) is 3.53. The Morgan fingerprint density at radius 3 is 2.73 bits per heavy atom. The highest BCUT2D eigenvalue weighted by Crippen LogP contribution is 2.17. The molecule has 0 spiro atoms. The number of hydrogen-bond acceptors (Lipinski definition) is 3. The topological polar surface area (TPSA) is 82.3 Å². The maximum absolute atomic E-state index is 11.7. The molecule has 22 heavy (non-hydrogen) atoms. The first-order valence-corrected chi connectivity index (χ1v) is 8.73. The average molecular weight is 323 g/mol. The lowest BCUT2D eigenvalue weighted by Gasteiger charge is -2.11. The lowest BCUT2D eigenvalue weighted by atomic mass is 10.1. The molecule has 0 saturated heterocycles. The summed E-state index contributed by atoms with van der Waals surface area (Å²) in [6, 6.07) is 7.98. The molecule has 1 amide bonds. The Bertz CT molecular complexity index is 750. The number of sulfonamides is 1. The molecule has 0 aliphatic carbocycles. The normalized spacial score (nSPS) is 12.0. The summed E-state index contributed by atoms with van der Waals surface area (Å²) in [5, 5.41) is 3.91. The van der Waals surface area contributed by atoms with Crippen molar-refractivity contribution in [1.29, 1.82) is 0 Å². The molecule has 0 saturated carbocycles. The summed E-state index contributed by atoms with van der Waals surface area (Å²) in [4.78, 5) is 14.9. The molecule has 0 radical (unpaired) electrons. The number of benzene rings is 1. The Balaban J connectivity index is 1.80. The smallest absolute Gasteiger partial charge is 0.221 e. The van der Waals surface area contributed by atoms with Gasteiger partial charge in [0.15, 0.2) is 0 Å². The van der Waals surface area contributed by atoms with Crippen molar-refractivity contribution in [3.05, 3.63) is 36.0 Å². The van der Waals surface area contributed by atoms with Gasteiger partial charge in [-0.3, -0.25) is 4.79 Å². The van der Waals surface area contributed by atoms with E-state index in [9.17, 15) is 13.2 Å². The number of carbonyl (C=O) groups is 1. The van der Waals surface area contributed by atoms with Gasteiger partial charge in [0.2, 0.25) is 15.9 Å². The molecule has 1 aromatic heterocycles. The van der Waals surface area contributed by atoms with Crippen LogP contribution in [0.1, 0.15) is 12.0 Å². The van der Waals surface area contributed by atoms with Crippen molar-refractivity contribution in [3.8, 4) is 0 Å². The van der Waals surface area contributed by atoms with Crippen molar-refractivity contribution in [2.24, 2.45) is 0 Å². The molecule has 6 nitrogen and oxygen atoms in total. The number of hydrogen-bond donors (Lipinski definition) is 2. The molecule has 120 valence electrons. The number of fused-ring (bicyclic) bond motifs is 1. The van der Waals surface area contributed by atoms with E-state index in [1.54, 1.807) is 0 Å². The highest BCUT2D eigenvalue weighted by molar-refractivity contribution is 7.89. The number of nitrogens with one attached hydrogen (secondary N) is 2. The minimum atomic E-state index is -3.32. The first-order valence-electron chi connectivity index (χ1n) is 7.12. The third-order valence-corrected chi connectivity index (χ3v) is 5.37. The van der Waals surface area contributed by atoms with Gasteiger partial charge in [-0.15, -0.1) is 0 Å². The fourth-order valence-electron chi connectivity index (χ4n) is 2.17. The number of aromatic amines is 1. The van der Waals surface area contributed by atoms with E-state index in [0.29, 0.717) is 13.0 Å². The lowest BCUT2D eigenvalue weighted by Crippen LogP contribution is -2.31. The predicted octanol–water partition coefficient (Wildman–Crippen LogP) is 1.11. The standard InChI is InChI=1S/C15H21N3O3S/c1-18(2)22(20,21)10-8-15(19)16-9-7-12-11-17-14-6-4-3-5-13(12)14/h3-6,11,17H,7-10H2,1-2H3,(H,16,19). The summed E-state index contributed by atoms with van der Waals surface area (Å²) < 4.78 is 24.3. The molecule has 1 heterocycles. The summed E-state index contributed by atoms with van der Waals surface area (Å²) >= 11 is 0. The molecule has 2 rings (SSSR count). The molecule has 1 aromatic carbocycles. The van der Waals surface area contributed by atoms with E-state index < -0.39 is 10.0 Å². The van der Waals surface area contributed by atoms with Crippen LogP contribution in [0.25, 0.3) is 10.9 Å². The van der Waals surface area contributed by atoms with E-state index in [-0.39, 0.29) is 18.1 Å². The maximum atomic E-state index is 11.7. The zero-order valence-electron chi connectivity index (χ0n) is 12.8. The van der Waals surface area contributed by atoms with Crippen molar-refractivity contribution in [2.45, 2.75) is 12.8 Å². The average Bonchev–Trinajstić information content (AvgIpc) is 2.89. The number of amides is 1. The Morgan fingerprint density at radius 1 is 1.27 bits per heavy atom. The number of aromatic nitrogens is 1. The fourth-order valence-corrected chi connectivity index (χ4v) is 2.98. The van der Waals surface area contributed by atoms with Gasteiger partial charge in [0.05, 0.1) is 5.75 Å². The summed E-state index contributed by atoms with van der Waals surface area (Å²) in [6.07, 6.45) is 2.62. The van der Waals surface area contributed by atoms with Crippen LogP contribution in [0.4, 0.5) is 0 Å². The van der Waals surface area contributed by atoms with Gasteiger partial charge in [0, 0.05) is 44.2 Å². The van der Waals surface area contributed by atoms with Crippen molar-refractivity contribution < 1.29 is 13.2 Å². The summed E-state index contributed by atoms with van der Waals surface area (Å²) in [6.45, 7) is 0.489. The second-order valence-electron chi connectivity index (χ2n) is 5.31. The molecule has 0 unspecified atom stereocenters. The van der Waals surface area contributed by atoms with Crippen molar-refractivity contribution in [3.63, 3.8) is 0 Å². The maximum Gasteiger partial charge on any atom is 0.221 e. The van der Waals surface area contributed by atoms with E-state index in [4.69, 9.17) is 0 Å². The molecule has 2 aromatic rings. The second kappa shape index (κ2) is 6.93. The third kappa shape index (κ3) is 4.08. The molecule has 7 heteroatoms. The van der Waals surface area contributed by atoms with E-state index in [1.807, 2.05) is 30.5 Å². The first kappa shape index (κ1) is 16.5. The molecule has 0 aliphatic rings. The molecular weight excluding hydrogens is 302 g/mol. The van der Waals surface area contributed by atoms with Gasteiger partial charge in [-0.25, -0.2) is 12.7 Å². The van der Waals surface area contributed by atoms with Crippen LogP contribution in [-0.2, 0) is 21.2 Å². The predicted molar refractivity (Wildman–Crippen MR) is 87.1 cm³/mol. The fraction of sp³-hybridized carbons (Fsp3) is 0.400. The highest BCUT2D eigenvalue weighted by atomic mass is 32.2. The number of rotatable bonds is 7. The van der Waals surface area contributed by atoms with E-state index >= 15 is 0 Å². The van der Waals surface area contributed by atoms with E-state index in [1.165, 1.54) is 14.1 Å². The molecule has 2 N–H and O–H groups in total. The lowest BCUT2D eigenvalue weighted by molar-refractivity contribution is -0.120. The largest absolute Gasteiger partial charge is 0.361 e. The number of para-hydroxylation sites is 1. The SMILES string of the molecule is CN(C)S(=O)(=O)CCC(=O)NCCc1c[nH]c2ccccc12. The molecule has 0 atom stereocenters. The minimum absolute atomic E-state index is 0.0194. The van der Waals surface area contributed by atoms with Crippen molar-refractivity contribution in [1.82, 2.24) is 14.6 Å². The zero-order valence-corrected chi connectivity index (χ0v) is 13.6. The van der Waals surface area contributed by atoms with Gasteiger partial charge in [-0.2, -0.15) is 0 Å². The second-order valence-corrected chi connectivity index (χ2v) is 7.61. The van der Waals surface area contributed by atoms with Crippen LogP contribution in [0.2, 0.25) is 0 Å². The number of nitrogens with zero attached hydrogens (tertiary/aromatic N) is 1. The summed E-state index contributed by atoms with van der Waals surface area (Å²) in [5.41, 5.74) is 2.21. The Labute approximate surface area is 130 Å². The van der Waals surface area contributed by atoms with Crippen LogP contribution in [-0.4, -0.2) is 50.0 Å². The van der Waals surface area contributed by atoms with Crippen LogP contribution in [0.3, 0.4) is 0 Å². The van der Waals surface area contributed by atoms with Crippen LogP contribution >= 0.6 is 0 Å². The highest BCUT2D eigenvalue weighted by Gasteiger charge is 2.15. The van der Waals surface area contributed by atoms with Crippen LogP contribution in [0.5, 0.6) is 0 Å². The molecular formula is C15H21N3O3S. The summed E-state index contributed by atoms with van der Waals surface area (Å²) in [7, 11) is -0.398. The van der Waals surface area contributed by atoms with Crippen LogP contribution in [0, 0.1) is 0 Å². The van der Waals surface area contributed by atoms with Gasteiger partial charge in [-0.05, 0) is 18.1 Å². The zero-order chi connectivity index (χ0) is 16.2. The minimum Gasteiger partial charge on any atom is -0.361 e. The van der Waals surface area contributed by atoms with Crippen LogP contribution in [0.15, 0.2) is 30.5 Å². The molecule has 0 bridgehead atoms. The van der Waals surface area contributed by atoms with Gasteiger partial charge in [0.25, 0.3) is 0 Å². The Morgan fingerprint density at radius 2 is 2.00 bits per heavy atom. The Hall–Kier alpha value is -1.86. The number of carbonyl (C=O) groups excluding carboxylic acids is 1. The van der Waals surface area contributed by atoms with E-state index in [0.717, 1.165) is 20.8 Å². The van der Waals surface area contributed by atoms with Gasteiger partial charge < -0.3 is 10.3 Å². The van der Waals surface area contributed by atoms with Crippen LogP contribution < -0.4 is 5.32 Å².